The van der Waals surface area contributed by atoms with Crippen LogP contribution in [0.25, 0.3) is 0 Å². The lowest BCUT2D eigenvalue weighted by atomic mass is 10.1. The van der Waals surface area contributed by atoms with Gasteiger partial charge in [0.25, 0.3) is 0 Å². The normalized spacial score (nSPS) is 10.4. The van der Waals surface area contributed by atoms with Crippen molar-refractivity contribution < 1.29 is 4.79 Å². The summed E-state index contributed by atoms with van der Waals surface area (Å²) in [6, 6.07) is 11.6. The van der Waals surface area contributed by atoms with Gasteiger partial charge >= 0.3 is 6.03 Å². The molecule has 22 heavy (non-hydrogen) atoms. The van der Waals surface area contributed by atoms with E-state index in [1.54, 1.807) is 0 Å². The van der Waals surface area contributed by atoms with Crippen molar-refractivity contribution in [2.24, 2.45) is 0 Å². The Morgan fingerprint density at radius 3 is 2.50 bits per heavy atom. The Bertz CT molecular complexity index is 648. The van der Waals surface area contributed by atoms with Gasteiger partial charge in [-0.3, -0.25) is 0 Å². The zero-order valence-corrected chi connectivity index (χ0v) is 14.9. The van der Waals surface area contributed by atoms with Gasteiger partial charge < -0.3 is 10.6 Å². The first kappa shape index (κ1) is 16.8. The summed E-state index contributed by atoms with van der Waals surface area (Å²) in [5.41, 5.74) is 3.86. The van der Waals surface area contributed by atoms with Crippen LogP contribution in [0.2, 0.25) is 5.02 Å². The fourth-order valence-corrected chi connectivity index (χ4v) is 2.84. The van der Waals surface area contributed by atoms with Gasteiger partial charge in [-0.2, -0.15) is 0 Å². The van der Waals surface area contributed by atoms with Gasteiger partial charge in [0.15, 0.2) is 0 Å². The van der Waals surface area contributed by atoms with Crippen LogP contribution in [0, 0.1) is 13.8 Å². The number of urea groups is 1. The Hall–Kier alpha value is -1.52. The van der Waals surface area contributed by atoms with E-state index >= 15 is 0 Å². The van der Waals surface area contributed by atoms with Crippen LogP contribution in [0.15, 0.2) is 40.9 Å². The molecule has 2 aromatic rings. The SMILES string of the molecule is Cc1cc(C)c(NC(=O)NCCc2ccc(Br)cc2)c(Cl)c1. The maximum absolute atomic E-state index is 12.0. The number of anilines is 1. The predicted octanol–water partition coefficient (Wildman–Crippen LogP) is 5.08. The number of carbonyl (C=O) groups is 1. The highest BCUT2D eigenvalue weighted by Gasteiger charge is 2.09. The summed E-state index contributed by atoms with van der Waals surface area (Å²) >= 11 is 9.58. The van der Waals surface area contributed by atoms with Crippen LogP contribution in [0.5, 0.6) is 0 Å². The molecule has 2 aromatic carbocycles. The minimum atomic E-state index is -0.244. The molecule has 5 heteroatoms. The zero-order chi connectivity index (χ0) is 16.1. The largest absolute Gasteiger partial charge is 0.338 e. The van der Waals surface area contributed by atoms with Gasteiger partial charge in [0.2, 0.25) is 0 Å². The van der Waals surface area contributed by atoms with Crippen LogP contribution in [0.4, 0.5) is 10.5 Å². The van der Waals surface area contributed by atoms with E-state index in [-0.39, 0.29) is 6.03 Å². The molecule has 0 saturated carbocycles. The highest BCUT2D eigenvalue weighted by molar-refractivity contribution is 9.10. The molecule has 0 saturated heterocycles. The average Bonchev–Trinajstić information content (AvgIpc) is 2.45. The third-order valence-corrected chi connectivity index (χ3v) is 4.11. The number of carbonyl (C=O) groups excluding carboxylic acids is 1. The molecule has 0 unspecified atom stereocenters. The summed E-state index contributed by atoms with van der Waals surface area (Å²) in [5, 5.41) is 6.21. The molecular weight excluding hydrogens is 364 g/mol. The Balaban J connectivity index is 1.87. The third-order valence-electron chi connectivity index (χ3n) is 3.28. The maximum atomic E-state index is 12.0. The molecule has 2 rings (SSSR count). The molecule has 2 N–H and O–H groups in total. The highest BCUT2D eigenvalue weighted by Crippen LogP contribution is 2.27. The first-order chi connectivity index (χ1) is 10.5. The summed E-state index contributed by atoms with van der Waals surface area (Å²) in [6.07, 6.45) is 0.779. The minimum Gasteiger partial charge on any atom is -0.338 e. The molecule has 3 nitrogen and oxygen atoms in total. The summed E-state index contributed by atoms with van der Waals surface area (Å²) in [4.78, 5) is 12.0. The van der Waals surface area contributed by atoms with Crippen LogP contribution in [-0.2, 0) is 6.42 Å². The molecule has 0 radical (unpaired) electrons. The molecule has 0 spiro atoms. The Labute approximate surface area is 144 Å². The number of rotatable bonds is 4. The molecule has 0 atom stereocenters. The number of nitrogens with one attached hydrogen (secondary N) is 2. The van der Waals surface area contributed by atoms with Gasteiger partial charge in [-0.15, -0.1) is 0 Å². The fourth-order valence-electron chi connectivity index (χ4n) is 2.20. The van der Waals surface area contributed by atoms with E-state index in [0.29, 0.717) is 17.3 Å². The van der Waals surface area contributed by atoms with E-state index < -0.39 is 0 Å². The van der Waals surface area contributed by atoms with Crippen LogP contribution in [0.3, 0.4) is 0 Å². The van der Waals surface area contributed by atoms with Crippen molar-refractivity contribution in [3.63, 3.8) is 0 Å². The molecule has 0 aromatic heterocycles. The van der Waals surface area contributed by atoms with Crippen LogP contribution < -0.4 is 10.6 Å². The molecule has 0 fully saturated rings. The second-order valence-corrected chi connectivity index (χ2v) is 6.52. The number of amides is 2. The van der Waals surface area contributed by atoms with Crippen molar-refractivity contribution in [3.8, 4) is 0 Å². The molecule has 116 valence electrons. The number of hydrogen-bond donors (Lipinski definition) is 2. The summed E-state index contributed by atoms with van der Waals surface area (Å²) < 4.78 is 1.05. The first-order valence-electron chi connectivity index (χ1n) is 7.02. The van der Waals surface area contributed by atoms with Crippen LogP contribution in [0.1, 0.15) is 16.7 Å². The molecule has 0 bridgehead atoms. The van der Waals surface area contributed by atoms with E-state index in [1.807, 2.05) is 50.2 Å². The van der Waals surface area contributed by atoms with Gasteiger partial charge in [0.05, 0.1) is 10.7 Å². The Morgan fingerprint density at radius 1 is 1.18 bits per heavy atom. The lowest BCUT2D eigenvalue weighted by Gasteiger charge is -2.12. The van der Waals surface area contributed by atoms with E-state index in [1.165, 1.54) is 5.56 Å². The first-order valence-corrected chi connectivity index (χ1v) is 8.19. The van der Waals surface area contributed by atoms with Crippen LogP contribution >= 0.6 is 27.5 Å². The molecule has 0 aliphatic carbocycles. The standard InChI is InChI=1S/C17H18BrClN2O/c1-11-9-12(2)16(15(19)10-11)21-17(22)20-8-7-13-3-5-14(18)6-4-13/h3-6,9-10H,7-8H2,1-2H3,(H2,20,21,22). The second kappa shape index (κ2) is 7.65. The monoisotopic (exact) mass is 380 g/mol. The third kappa shape index (κ3) is 4.75. The Morgan fingerprint density at radius 2 is 1.86 bits per heavy atom. The lowest BCUT2D eigenvalue weighted by molar-refractivity contribution is 0.252. The molecular formula is C17H18BrClN2O. The van der Waals surface area contributed by atoms with Gasteiger partial charge in [-0.25, -0.2) is 4.79 Å². The quantitative estimate of drug-likeness (QED) is 0.761. The lowest BCUT2D eigenvalue weighted by Crippen LogP contribution is -2.30. The highest BCUT2D eigenvalue weighted by atomic mass is 79.9. The van der Waals surface area contributed by atoms with Crippen molar-refractivity contribution in [1.29, 1.82) is 0 Å². The molecule has 0 heterocycles. The summed E-state index contributed by atoms with van der Waals surface area (Å²) in [5.74, 6) is 0. The number of halogens is 2. The van der Waals surface area contributed by atoms with E-state index in [9.17, 15) is 4.79 Å². The van der Waals surface area contributed by atoms with Crippen molar-refractivity contribution in [1.82, 2.24) is 5.32 Å². The molecule has 2 amide bonds. The summed E-state index contributed by atoms with van der Waals surface area (Å²) in [6.45, 7) is 4.47. The Kier molecular flexibility index (Phi) is 5.86. The van der Waals surface area contributed by atoms with E-state index in [4.69, 9.17) is 11.6 Å². The van der Waals surface area contributed by atoms with Crippen molar-refractivity contribution >= 4 is 39.2 Å². The average molecular weight is 382 g/mol. The van der Waals surface area contributed by atoms with Gasteiger partial charge in [0.1, 0.15) is 0 Å². The van der Waals surface area contributed by atoms with Gasteiger partial charge in [-0.05, 0) is 55.2 Å². The fraction of sp³-hybridized carbons (Fsp3) is 0.235. The van der Waals surface area contributed by atoms with Crippen LogP contribution in [-0.4, -0.2) is 12.6 Å². The van der Waals surface area contributed by atoms with Gasteiger partial charge in [0, 0.05) is 11.0 Å². The summed E-state index contributed by atoms with van der Waals surface area (Å²) in [7, 11) is 0. The van der Waals surface area contributed by atoms with Crippen molar-refractivity contribution in [2.75, 3.05) is 11.9 Å². The number of hydrogen-bond acceptors (Lipinski definition) is 1. The van der Waals surface area contributed by atoms with Crippen molar-refractivity contribution in [3.05, 3.63) is 62.6 Å². The van der Waals surface area contributed by atoms with Crippen molar-refractivity contribution in [2.45, 2.75) is 20.3 Å². The second-order valence-electron chi connectivity index (χ2n) is 5.20. The van der Waals surface area contributed by atoms with Gasteiger partial charge in [-0.1, -0.05) is 45.7 Å². The maximum Gasteiger partial charge on any atom is 0.319 e. The number of aryl methyl sites for hydroxylation is 2. The molecule has 0 aliphatic rings. The van der Waals surface area contributed by atoms with E-state index in [0.717, 1.165) is 22.0 Å². The molecule has 0 aliphatic heterocycles. The minimum absolute atomic E-state index is 0.244. The zero-order valence-electron chi connectivity index (χ0n) is 12.5. The topological polar surface area (TPSA) is 41.1 Å². The predicted molar refractivity (Wildman–Crippen MR) is 95.8 cm³/mol. The van der Waals surface area contributed by atoms with E-state index in [2.05, 4.69) is 26.6 Å². The number of benzene rings is 2. The smallest absolute Gasteiger partial charge is 0.319 e.